The minimum atomic E-state index is 0.489. The Morgan fingerprint density at radius 1 is 1.20 bits per heavy atom. The van der Waals surface area contributed by atoms with Gasteiger partial charge >= 0.3 is 0 Å². The Labute approximate surface area is 64.4 Å². The molecule has 4 heteroatoms. The SMILES string of the molecule is COCC(OC)=C([SiH3])OC. The van der Waals surface area contributed by atoms with Crippen molar-refractivity contribution in [2.45, 2.75) is 0 Å². The Morgan fingerprint density at radius 3 is 2.10 bits per heavy atom. The van der Waals surface area contributed by atoms with Crippen LogP contribution in [0.4, 0.5) is 0 Å². The van der Waals surface area contributed by atoms with Crippen LogP contribution in [0.3, 0.4) is 0 Å². The van der Waals surface area contributed by atoms with Crippen LogP contribution in [0.15, 0.2) is 11.1 Å². The van der Waals surface area contributed by atoms with Crippen LogP contribution >= 0.6 is 0 Å². The topological polar surface area (TPSA) is 27.7 Å². The second-order valence-corrected chi connectivity index (χ2v) is 2.73. The molecule has 0 aromatic carbocycles. The number of hydrogen-bond acceptors (Lipinski definition) is 3. The molecule has 0 fully saturated rings. The number of ether oxygens (including phenoxy) is 3. The van der Waals surface area contributed by atoms with Crippen LogP contribution in [0.2, 0.25) is 0 Å². The zero-order chi connectivity index (χ0) is 7.98. The predicted molar refractivity (Wildman–Crippen MR) is 42.9 cm³/mol. The van der Waals surface area contributed by atoms with Crippen molar-refractivity contribution < 1.29 is 14.2 Å². The monoisotopic (exact) mass is 162 g/mol. The van der Waals surface area contributed by atoms with Gasteiger partial charge in [-0.2, -0.15) is 0 Å². The molecule has 0 aliphatic heterocycles. The molecule has 3 nitrogen and oxygen atoms in total. The van der Waals surface area contributed by atoms with Gasteiger partial charge in [0.25, 0.3) is 0 Å². The summed E-state index contributed by atoms with van der Waals surface area (Å²) in [6.45, 7) is 0.489. The number of methoxy groups -OCH3 is 3. The highest BCUT2D eigenvalue weighted by Crippen LogP contribution is 2.01. The van der Waals surface area contributed by atoms with Crippen LogP contribution in [0, 0.1) is 0 Å². The van der Waals surface area contributed by atoms with Crippen molar-refractivity contribution in [2.24, 2.45) is 0 Å². The zero-order valence-electron chi connectivity index (χ0n) is 6.93. The summed E-state index contributed by atoms with van der Waals surface area (Å²) in [6, 6.07) is 0. The molecule has 0 spiro atoms. The quantitative estimate of drug-likeness (QED) is 0.410. The first kappa shape index (κ1) is 9.52. The van der Waals surface area contributed by atoms with E-state index in [-0.39, 0.29) is 0 Å². The molecule has 0 radical (unpaired) electrons. The third kappa shape index (κ3) is 2.89. The molecule has 0 saturated heterocycles. The Bertz CT molecular complexity index is 122. The van der Waals surface area contributed by atoms with E-state index in [1.165, 1.54) is 0 Å². The van der Waals surface area contributed by atoms with E-state index in [4.69, 9.17) is 14.2 Å². The highest BCUT2D eigenvalue weighted by molar-refractivity contribution is 6.20. The summed E-state index contributed by atoms with van der Waals surface area (Å²) >= 11 is 0. The van der Waals surface area contributed by atoms with E-state index < -0.39 is 0 Å². The average Bonchev–Trinajstić information content (AvgIpc) is 1.99. The van der Waals surface area contributed by atoms with Crippen LogP contribution < -0.4 is 0 Å². The molecule has 60 valence electrons. The predicted octanol–water partition coefficient (Wildman–Crippen LogP) is -0.540. The molecule has 0 atom stereocenters. The maximum Gasteiger partial charge on any atom is 0.152 e. The minimum absolute atomic E-state index is 0.489. The van der Waals surface area contributed by atoms with E-state index in [0.717, 1.165) is 21.4 Å². The van der Waals surface area contributed by atoms with Crippen LogP contribution in [0.1, 0.15) is 0 Å². The van der Waals surface area contributed by atoms with Gasteiger partial charge in [-0.3, -0.25) is 0 Å². The van der Waals surface area contributed by atoms with Crippen molar-refractivity contribution in [3.05, 3.63) is 11.1 Å². The van der Waals surface area contributed by atoms with Gasteiger partial charge in [0, 0.05) is 7.11 Å². The van der Waals surface area contributed by atoms with Gasteiger partial charge < -0.3 is 14.2 Å². The minimum Gasteiger partial charge on any atom is -0.504 e. The maximum absolute atomic E-state index is 5.01. The van der Waals surface area contributed by atoms with E-state index in [9.17, 15) is 0 Å². The molecule has 0 aliphatic rings. The Balaban J connectivity index is 4.00. The fraction of sp³-hybridized carbons (Fsp3) is 0.667. The van der Waals surface area contributed by atoms with Gasteiger partial charge in [0.15, 0.2) is 5.76 Å². The molecule has 0 bridgehead atoms. The largest absolute Gasteiger partial charge is 0.504 e. The van der Waals surface area contributed by atoms with Crippen LogP contribution in [-0.2, 0) is 14.2 Å². The number of rotatable bonds is 4. The lowest BCUT2D eigenvalue weighted by molar-refractivity contribution is 0.144. The summed E-state index contributed by atoms with van der Waals surface area (Å²) in [4.78, 5) is 0. The summed E-state index contributed by atoms with van der Waals surface area (Å²) in [5, 5.41) is 0.893. The van der Waals surface area contributed by atoms with Gasteiger partial charge in [-0.15, -0.1) is 0 Å². The van der Waals surface area contributed by atoms with Gasteiger partial charge in [-0.05, 0) is 0 Å². The van der Waals surface area contributed by atoms with Crippen LogP contribution in [0.5, 0.6) is 0 Å². The highest BCUT2D eigenvalue weighted by atomic mass is 28.1. The van der Waals surface area contributed by atoms with Crippen molar-refractivity contribution in [1.29, 1.82) is 0 Å². The molecule has 10 heavy (non-hydrogen) atoms. The lowest BCUT2D eigenvalue weighted by Gasteiger charge is -2.08. The molecule has 0 aromatic rings. The molecule has 0 aromatic heterocycles. The molecule has 0 heterocycles. The van der Waals surface area contributed by atoms with E-state index in [1.807, 2.05) is 0 Å². The first-order valence-corrected chi connectivity index (χ1v) is 4.03. The van der Waals surface area contributed by atoms with Crippen LogP contribution in [0.25, 0.3) is 0 Å². The third-order valence-electron chi connectivity index (χ3n) is 1.22. The van der Waals surface area contributed by atoms with Gasteiger partial charge in [-0.25, -0.2) is 0 Å². The van der Waals surface area contributed by atoms with Gasteiger partial charge in [0.2, 0.25) is 0 Å². The Hall–Kier alpha value is -0.483. The molecule has 0 aliphatic carbocycles. The molecular formula is C6H14O3Si. The van der Waals surface area contributed by atoms with Crippen molar-refractivity contribution in [1.82, 2.24) is 0 Å². The summed E-state index contributed by atoms with van der Waals surface area (Å²) in [7, 11) is 5.73. The summed E-state index contributed by atoms with van der Waals surface area (Å²) < 4.78 is 14.9. The highest BCUT2D eigenvalue weighted by Gasteiger charge is 2.00. The van der Waals surface area contributed by atoms with E-state index >= 15 is 0 Å². The van der Waals surface area contributed by atoms with Crippen molar-refractivity contribution in [3.63, 3.8) is 0 Å². The van der Waals surface area contributed by atoms with Gasteiger partial charge in [0.05, 0.1) is 24.5 Å². The smallest absolute Gasteiger partial charge is 0.152 e. The molecule has 0 unspecified atom stereocenters. The van der Waals surface area contributed by atoms with Gasteiger partial charge in [-0.1, -0.05) is 0 Å². The summed E-state index contributed by atoms with van der Waals surface area (Å²) in [5.74, 6) is 0.789. The molecule has 0 rings (SSSR count). The van der Waals surface area contributed by atoms with Crippen molar-refractivity contribution in [2.75, 3.05) is 27.9 Å². The zero-order valence-corrected chi connectivity index (χ0v) is 8.93. The van der Waals surface area contributed by atoms with E-state index in [2.05, 4.69) is 0 Å². The van der Waals surface area contributed by atoms with Crippen molar-refractivity contribution >= 4 is 10.2 Å². The standard InChI is InChI=1S/C6H14O3Si/c1-7-4-5(8-2)6(10)9-3/h4H2,1-3,10H3. The van der Waals surface area contributed by atoms with E-state index in [1.54, 1.807) is 21.3 Å². The lowest BCUT2D eigenvalue weighted by Crippen LogP contribution is -2.03. The first-order chi connectivity index (χ1) is 4.76. The average molecular weight is 162 g/mol. The fourth-order valence-corrected chi connectivity index (χ4v) is 0.898. The molecule has 0 amide bonds. The normalized spacial score (nSPS) is 12.7. The van der Waals surface area contributed by atoms with Crippen molar-refractivity contribution in [3.8, 4) is 0 Å². The second kappa shape index (κ2) is 5.31. The second-order valence-electron chi connectivity index (χ2n) is 1.82. The number of hydrogen-bond donors (Lipinski definition) is 0. The Kier molecular flexibility index (Phi) is 5.06. The van der Waals surface area contributed by atoms with Gasteiger partial charge in [0.1, 0.15) is 12.0 Å². The molecular weight excluding hydrogens is 148 g/mol. The van der Waals surface area contributed by atoms with Crippen LogP contribution in [-0.4, -0.2) is 38.2 Å². The summed E-state index contributed by atoms with van der Waals surface area (Å²) in [5.41, 5.74) is 0. The maximum atomic E-state index is 5.01. The third-order valence-corrected chi connectivity index (χ3v) is 2.19. The first-order valence-electron chi connectivity index (χ1n) is 3.03. The molecule has 0 saturated carbocycles. The lowest BCUT2D eigenvalue weighted by atomic mass is 10.6. The Morgan fingerprint density at radius 2 is 1.80 bits per heavy atom. The summed E-state index contributed by atoms with van der Waals surface area (Å²) in [6.07, 6.45) is 0. The van der Waals surface area contributed by atoms with E-state index in [0.29, 0.717) is 6.61 Å². The molecule has 0 N–H and O–H groups in total. The fourth-order valence-electron chi connectivity index (χ4n) is 0.549.